The molecule has 27 heavy (non-hydrogen) atoms. The van der Waals surface area contributed by atoms with Crippen LogP contribution >= 0.6 is 0 Å². The zero-order valence-corrected chi connectivity index (χ0v) is 16.1. The highest BCUT2D eigenvalue weighted by Gasteiger charge is 2.35. The highest BCUT2D eigenvalue weighted by Crippen LogP contribution is 2.35. The Morgan fingerprint density at radius 3 is 2.52 bits per heavy atom. The molecule has 6 nitrogen and oxygen atoms in total. The second-order valence-electron chi connectivity index (χ2n) is 7.63. The van der Waals surface area contributed by atoms with E-state index in [1.165, 1.54) is 25.7 Å². The van der Waals surface area contributed by atoms with E-state index in [1.807, 2.05) is 30.3 Å². The Hall–Kier alpha value is -2.24. The van der Waals surface area contributed by atoms with Gasteiger partial charge in [0, 0.05) is 32.2 Å². The lowest BCUT2D eigenvalue weighted by Crippen LogP contribution is -2.53. The maximum absolute atomic E-state index is 12.5. The van der Waals surface area contributed by atoms with Gasteiger partial charge >= 0.3 is 12.1 Å². The predicted molar refractivity (Wildman–Crippen MR) is 106 cm³/mol. The minimum absolute atomic E-state index is 0.0696. The van der Waals surface area contributed by atoms with E-state index < -0.39 is 0 Å². The van der Waals surface area contributed by atoms with Crippen molar-refractivity contribution in [2.24, 2.45) is 5.92 Å². The number of fused-ring (bicyclic) bond motifs is 1. The lowest BCUT2D eigenvalue weighted by molar-refractivity contribution is 0.0842. The molecule has 3 rings (SSSR count). The van der Waals surface area contributed by atoms with Crippen LogP contribution in [-0.2, 0) is 6.54 Å². The summed E-state index contributed by atoms with van der Waals surface area (Å²) in [4.78, 5) is 26.4. The number of carbonyl (C=O) groups is 2. The number of urea groups is 2. The standard InChI is InChI=1S/C21H32N4O2/c26-20(24-16-17-8-2-1-3-9-17)22-13-7-14-23-21(27)25-15-6-11-18-10-4-5-12-19(18)25/h1-3,8-9,18-19H,4-7,10-16H2,(H,23,27)(H2,22,24,26). The van der Waals surface area contributed by atoms with Crippen molar-refractivity contribution in [1.29, 1.82) is 0 Å². The van der Waals surface area contributed by atoms with Gasteiger partial charge in [0.2, 0.25) is 0 Å². The zero-order valence-electron chi connectivity index (χ0n) is 16.1. The summed E-state index contributed by atoms with van der Waals surface area (Å²) >= 11 is 0. The molecule has 2 unspecified atom stereocenters. The van der Waals surface area contributed by atoms with Crippen LogP contribution < -0.4 is 16.0 Å². The minimum Gasteiger partial charge on any atom is -0.338 e. The molecule has 0 bridgehead atoms. The average Bonchev–Trinajstić information content (AvgIpc) is 2.72. The smallest absolute Gasteiger partial charge is 0.317 e. The van der Waals surface area contributed by atoms with Crippen LogP contribution in [0, 0.1) is 5.92 Å². The van der Waals surface area contributed by atoms with E-state index in [0.29, 0.717) is 31.6 Å². The number of amides is 4. The van der Waals surface area contributed by atoms with Gasteiger partial charge in [0.1, 0.15) is 0 Å². The van der Waals surface area contributed by atoms with E-state index in [0.717, 1.165) is 31.4 Å². The Labute approximate surface area is 162 Å². The molecule has 0 radical (unpaired) electrons. The van der Waals surface area contributed by atoms with Crippen LogP contribution in [0.25, 0.3) is 0 Å². The van der Waals surface area contributed by atoms with E-state index >= 15 is 0 Å². The van der Waals surface area contributed by atoms with Crippen LogP contribution in [0.3, 0.4) is 0 Å². The molecule has 1 saturated heterocycles. The summed E-state index contributed by atoms with van der Waals surface area (Å²) in [6.07, 6.45) is 8.11. The number of nitrogens with zero attached hydrogens (tertiary/aromatic N) is 1. The fourth-order valence-corrected chi connectivity index (χ4v) is 4.30. The largest absolute Gasteiger partial charge is 0.338 e. The van der Waals surface area contributed by atoms with Gasteiger partial charge in [0.05, 0.1) is 0 Å². The third kappa shape index (κ3) is 5.88. The molecule has 1 saturated carbocycles. The van der Waals surface area contributed by atoms with Gasteiger partial charge in [0.25, 0.3) is 0 Å². The molecule has 1 aliphatic carbocycles. The molecule has 0 spiro atoms. The molecule has 2 fully saturated rings. The quantitative estimate of drug-likeness (QED) is 0.671. The van der Waals surface area contributed by atoms with E-state index in [4.69, 9.17) is 0 Å². The van der Waals surface area contributed by atoms with E-state index in [1.54, 1.807) is 0 Å². The van der Waals surface area contributed by atoms with Crippen molar-refractivity contribution in [1.82, 2.24) is 20.9 Å². The highest BCUT2D eigenvalue weighted by atomic mass is 16.2. The second-order valence-corrected chi connectivity index (χ2v) is 7.63. The Balaban J connectivity index is 1.28. The van der Waals surface area contributed by atoms with Crippen molar-refractivity contribution in [2.75, 3.05) is 19.6 Å². The third-order valence-electron chi connectivity index (χ3n) is 5.72. The lowest BCUT2D eigenvalue weighted by atomic mass is 9.78. The maximum Gasteiger partial charge on any atom is 0.317 e. The molecule has 4 amide bonds. The van der Waals surface area contributed by atoms with Crippen LogP contribution in [-0.4, -0.2) is 42.6 Å². The predicted octanol–water partition coefficient (Wildman–Crippen LogP) is 3.24. The van der Waals surface area contributed by atoms with Crippen LogP contribution in [0.15, 0.2) is 30.3 Å². The normalized spacial score (nSPS) is 21.9. The Morgan fingerprint density at radius 1 is 0.926 bits per heavy atom. The van der Waals surface area contributed by atoms with Crippen molar-refractivity contribution in [3.8, 4) is 0 Å². The van der Waals surface area contributed by atoms with Gasteiger partial charge in [0.15, 0.2) is 0 Å². The number of hydrogen-bond acceptors (Lipinski definition) is 2. The molecule has 1 aliphatic heterocycles. The number of hydrogen-bond donors (Lipinski definition) is 3. The minimum atomic E-state index is -0.175. The van der Waals surface area contributed by atoms with Crippen molar-refractivity contribution >= 4 is 12.1 Å². The van der Waals surface area contributed by atoms with E-state index in [2.05, 4.69) is 20.9 Å². The van der Waals surface area contributed by atoms with Crippen LogP contribution in [0.1, 0.15) is 50.5 Å². The molecule has 1 heterocycles. The number of likely N-dealkylation sites (tertiary alicyclic amines) is 1. The maximum atomic E-state index is 12.5. The highest BCUT2D eigenvalue weighted by molar-refractivity contribution is 5.75. The van der Waals surface area contributed by atoms with Gasteiger partial charge in [-0.1, -0.05) is 43.2 Å². The van der Waals surface area contributed by atoms with Crippen molar-refractivity contribution in [3.63, 3.8) is 0 Å². The molecular weight excluding hydrogens is 340 g/mol. The molecule has 0 aromatic heterocycles. The van der Waals surface area contributed by atoms with E-state index in [-0.39, 0.29) is 12.1 Å². The monoisotopic (exact) mass is 372 g/mol. The molecule has 1 aromatic carbocycles. The van der Waals surface area contributed by atoms with Gasteiger partial charge in [-0.25, -0.2) is 9.59 Å². The summed E-state index contributed by atoms with van der Waals surface area (Å²) in [5, 5.41) is 8.70. The van der Waals surface area contributed by atoms with Gasteiger partial charge in [-0.15, -0.1) is 0 Å². The Morgan fingerprint density at radius 2 is 1.67 bits per heavy atom. The Bertz CT molecular complexity index is 605. The summed E-state index contributed by atoms with van der Waals surface area (Å²) in [6.45, 7) is 2.53. The fraction of sp³-hybridized carbons (Fsp3) is 0.619. The molecule has 1 aromatic rings. The summed E-state index contributed by atoms with van der Waals surface area (Å²) < 4.78 is 0. The molecular formula is C21H32N4O2. The summed E-state index contributed by atoms with van der Waals surface area (Å²) in [7, 11) is 0. The number of rotatable bonds is 6. The van der Waals surface area contributed by atoms with Crippen molar-refractivity contribution in [2.45, 2.75) is 57.5 Å². The molecule has 2 aliphatic rings. The van der Waals surface area contributed by atoms with Crippen LogP contribution in [0.4, 0.5) is 9.59 Å². The molecule has 2 atom stereocenters. The van der Waals surface area contributed by atoms with Gasteiger partial charge < -0.3 is 20.9 Å². The first-order chi connectivity index (χ1) is 13.2. The van der Waals surface area contributed by atoms with Gasteiger partial charge in [-0.05, 0) is 43.6 Å². The lowest BCUT2D eigenvalue weighted by Gasteiger charge is -2.44. The first-order valence-corrected chi connectivity index (χ1v) is 10.3. The summed E-state index contributed by atoms with van der Waals surface area (Å²) in [5.41, 5.74) is 1.07. The van der Waals surface area contributed by atoms with Gasteiger partial charge in [-0.3, -0.25) is 0 Å². The third-order valence-corrected chi connectivity index (χ3v) is 5.72. The number of benzene rings is 1. The average molecular weight is 373 g/mol. The number of nitrogens with one attached hydrogen (secondary N) is 3. The summed E-state index contributed by atoms with van der Waals surface area (Å²) in [5.74, 6) is 0.702. The molecule has 148 valence electrons. The van der Waals surface area contributed by atoms with Crippen molar-refractivity contribution in [3.05, 3.63) is 35.9 Å². The zero-order chi connectivity index (χ0) is 18.9. The second kappa shape index (κ2) is 10.2. The molecule has 6 heteroatoms. The number of carbonyl (C=O) groups excluding carboxylic acids is 2. The topological polar surface area (TPSA) is 73.5 Å². The SMILES string of the molecule is O=C(NCCCNC(=O)N1CCCC2CCCCC21)NCc1ccccc1. The van der Waals surface area contributed by atoms with Gasteiger partial charge in [-0.2, -0.15) is 0 Å². The number of piperidine rings is 1. The van der Waals surface area contributed by atoms with Crippen LogP contribution in [0.2, 0.25) is 0 Å². The first-order valence-electron chi connectivity index (χ1n) is 10.3. The molecule has 3 N–H and O–H groups in total. The first kappa shape index (κ1) is 19.5. The van der Waals surface area contributed by atoms with Crippen LogP contribution in [0.5, 0.6) is 0 Å². The van der Waals surface area contributed by atoms with Crippen molar-refractivity contribution < 1.29 is 9.59 Å². The fourth-order valence-electron chi connectivity index (χ4n) is 4.30. The summed E-state index contributed by atoms with van der Waals surface area (Å²) in [6, 6.07) is 10.2. The Kier molecular flexibility index (Phi) is 7.36. The van der Waals surface area contributed by atoms with E-state index in [9.17, 15) is 9.59 Å².